The topological polar surface area (TPSA) is 129 Å². The van der Waals surface area contributed by atoms with Gasteiger partial charge in [0, 0.05) is 56.3 Å². The van der Waals surface area contributed by atoms with E-state index in [4.69, 9.17) is 23.2 Å². The van der Waals surface area contributed by atoms with Gasteiger partial charge < -0.3 is 20.6 Å². The number of nitrogens with one attached hydrogen (secondary N) is 2. The smallest absolute Gasteiger partial charge is 0.329 e. The molecule has 9 nitrogen and oxygen atoms in total. The lowest BCUT2D eigenvalue weighted by molar-refractivity contribution is -0.145. The number of pyridine rings is 1. The summed E-state index contributed by atoms with van der Waals surface area (Å²) in [5.41, 5.74) is -0.183. The van der Waals surface area contributed by atoms with E-state index in [0.29, 0.717) is 37.3 Å². The molecule has 11 heteroatoms. The third-order valence-electron chi connectivity index (χ3n) is 7.51. The van der Waals surface area contributed by atoms with Gasteiger partial charge in [0.15, 0.2) is 5.78 Å². The minimum atomic E-state index is -1.35. The van der Waals surface area contributed by atoms with Crippen molar-refractivity contribution in [2.45, 2.75) is 45.1 Å². The molecule has 200 valence electrons. The lowest BCUT2D eigenvalue weighted by Gasteiger charge is -2.48. The number of anilines is 1. The molecular weight excluding hydrogens is 531 g/mol. The Bertz CT molecular complexity index is 1300. The fourth-order valence-electron chi connectivity index (χ4n) is 5.01. The number of carboxylic acid groups (broad SMARTS) is 1. The maximum Gasteiger partial charge on any atom is 0.329 e. The van der Waals surface area contributed by atoms with Crippen molar-refractivity contribution in [1.29, 1.82) is 0 Å². The van der Waals surface area contributed by atoms with Crippen molar-refractivity contribution in [2.24, 2.45) is 5.41 Å². The zero-order chi connectivity index (χ0) is 27.7. The van der Waals surface area contributed by atoms with Crippen LogP contribution in [0.3, 0.4) is 0 Å². The number of carbonyl (C=O) groups excluding carboxylic acids is 3. The van der Waals surface area contributed by atoms with Crippen LogP contribution in [0.25, 0.3) is 0 Å². The summed E-state index contributed by atoms with van der Waals surface area (Å²) >= 11 is 12.1. The monoisotopic (exact) mass is 558 g/mol. The van der Waals surface area contributed by atoms with Crippen LogP contribution >= 0.6 is 23.2 Å². The number of hydrogen-bond acceptors (Lipinski definition) is 6. The summed E-state index contributed by atoms with van der Waals surface area (Å²) in [6.07, 6.45) is 5.47. The Hall–Kier alpha value is -3.43. The van der Waals surface area contributed by atoms with Crippen LogP contribution in [0.15, 0.2) is 48.4 Å². The van der Waals surface area contributed by atoms with Crippen molar-refractivity contribution in [3.05, 3.63) is 69.6 Å². The Morgan fingerprint density at radius 1 is 1.11 bits per heavy atom. The van der Waals surface area contributed by atoms with E-state index in [2.05, 4.69) is 15.6 Å². The molecular formula is C27H28Cl2N4O5. The van der Waals surface area contributed by atoms with Gasteiger partial charge in [0.1, 0.15) is 5.54 Å². The Kier molecular flexibility index (Phi) is 7.80. The Balaban J connectivity index is 1.49. The first kappa shape index (κ1) is 27.6. The number of aromatic nitrogens is 1. The van der Waals surface area contributed by atoms with E-state index >= 15 is 0 Å². The molecule has 2 aliphatic rings. The summed E-state index contributed by atoms with van der Waals surface area (Å²) < 4.78 is 0. The van der Waals surface area contributed by atoms with E-state index in [-0.39, 0.29) is 40.1 Å². The molecule has 0 saturated carbocycles. The number of aliphatic carboxylic acids is 1. The quantitative estimate of drug-likeness (QED) is 0.444. The van der Waals surface area contributed by atoms with Crippen molar-refractivity contribution in [2.75, 3.05) is 18.4 Å². The third-order valence-corrected chi connectivity index (χ3v) is 8.08. The molecule has 1 aliphatic heterocycles. The molecule has 1 fully saturated rings. The molecule has 38 heavy (non-hydrogen) atoms. The second kappa shape index (κ2) is 10.7. The molecule has 2 heterocycles. The normalized spacial score (nSPS) is 17.7. The predicted molar refractivity (Wildman–Crippen MR) is 143 cm³/mol. The molecule has 1 spiro atoms. The van der Waals surface area contributed by atoms with Crippen LogP contribution in [0.4, 0.5) is 5.69 Å². The number of nitrogens with zero attached hydrogens (tertiary/aromatic N) is 2. The van der Waals surface area contributed by atoms with E-state index in [1.807, 2.05) is 0 Å². The summed E-state index contributed by atoms with van der Waals surface area (Å²) in [7, 11) is 0. The van der Waals surface area contributed by atoms with E-state index in [1.54, 1.807) is 36.1 Å². The number of halogens is 2. The highest BCUT2D eigenvalue weighted by Crippen LogP contribution is 2.46. The number of piperidine rings is 1. The van der Waals surface area contributed by atoms with Gasteiger partial charge in [-0.15, -0.1) is 0 Å². The number of amides is 2. The fraction of sp³-hybridized carbons (Fsp3) is 0.370. The minimum absolute atomic E-state index is 0.0342. The maximum absolute atomic E-state index is 12.6. The molecule has 1 aliphatic carbocycles. The molecule has 0 bridgehead atoms. The first-order chi connectivity index (χ1) is 18.0. The zero-order valence-corrected chi connectivity index (χ0v) is 22.5. The highest BCUT2D eigenvalue weighted by Gasteiger charge is 2.53. The van der Waals surface area contributed by atoms with Gasteiger partial charge in [-0.1, -0.05) is 42.3 Å². The van der Waals surface area contributed by atoms with Crippen LogP contribution in [0.5, 0.6) is 0 Å². The van der Waals surface area contributed by atoms with Crippen molar-refractivity contribution in [3.8, 4) is 0 Å². The maximum atomic E-state index is 12.6. The highest BCUT2D eigenvalue weighted by molar-refractivity contribution is 6.40. The molecule has 4 rings (SSSR count). The number of likely N-dealkylation sites (tertiary alicyclic amines) is 1. The van der Waals surface area contributed by atoms with Gasteiger partial charge in [0.25, 0.3) is 5.91 Å². The van der Waals surface area contributed by atoms with Crippen LogP contribution in [-0.4, -0.2) is 57.2 Å². The number of rotatable bonds is 8. The van der Waals surface area contributed by atoms with E-state index in [1.165, 1.54) is 25.4 Å². The Morgan fingerprint density at radius 2 is 1.71 bits per heavy atom. The molecule has 1 aromatic carbocycles. The van der Waals surface area contributed by atoms with Crippen molar-refractivity contribution < 1.29 is 24.3 Å². The minimum Gasteiger partial charge on any atom is -0.479 e. The van der Waals surface area contributed by atoms with Gasteiger partial charge >= 0.3 is 5.97 Å². The number of ketones is 1. The van der Waals surface area contributed by atoms with E-state index in [0.717, 1.165) is 5.56 Å². The molecule has 1 saturated heterocycles. The lowest BCUT2D eigenvalue weighted by atomic mass is 9.64. The number of carboxylic acids is 1. The first-order valence-corrected chi connectivity index (χ1v) is 13.0. The molecule has 0 radical (unpaired) electrons. The van der Waals surface area contributed by atoms with Crippen molar-refractivity contribution >= 4 is 52.5 Å². The average Bonchev–Trinajstić information content (AvgIpc) is 2.88. The summed E-state index contributed by atoms with van der Waals surface area (Å²) in [4.78, 5) is 55.1. The van der Waals surface area contributed by atoms with E-state index < -0.39 is 22.8 Å². The zero-order valence-electron chi connectivity index (χ0n) is 21.0. The molecule has 0 unspecified atom stereocenters. The summed E-state index contributed by atoms with van der Waals surface area (Å²) in [5, 5.41) is 16.5. The first-order valence-electron chi connectivity index (χ1n) is 12.2. The summed E-state index contributed by atoms with van der Waals surface area (Å²) in [6.45, 7) is 4.19. The third kappa shape index (κ3) is 5.13. The van der Waals surface area contributed by atoms with Crippen molar-refractivity contribution in [1.82, 2.24) is 15.2 Å². The van der Waals surface area contributed by atoms with Gasteiger partial charge in [-0.2, -0.15) is 0 Å². The highest BCUT2D eigenvalue weighted by atomic mass is 35.5. The van der Waals surface area contributed by atoms with Crippen LogP contribution < -0.4 is 10.6 Å². The van der Waals surface area contributed by atoms with Crippen LogP contribution in [-0.2, 0) is 20.8 Å². The second-order valence-electron chi connectivity index (χ2n) is 9.68. The molecule has 2 amide bonds. The largest absolute Gasteiger partial charge is 0.479 e. The van der Waals surface area contributed by atoms with E-state index in [9.17, 15) is 24.3 Å². The second-order valence-corrected chi connectivity index (χ2v) is 10.5. The van der Waals surface area contributed by atoms with Crippen LogP contribution in [0, 0.1) is 5.41 Å². The molecule has 2 aromatic rings. The molecule has 1 atom stereocenters. The predicted octanol–water partition coefficient (Wildman–Crippen LogP) is 4.10. The standard InChI is InChI=1S/C27H28Cl2N4O5/c1-3-27(25(37)38,32-21-12-22(35)26(21)8-10-33(11-9-26)16(2)34)13-17-4-6-18(7-5-17)31-24(36)23-19(28)14-30-15-20(23)29/h4-7,12,14-15,32H,3,8-11,13H2,1-2H3,(H,31,36)(H,37,38)/t27-/m0/s1. The average molecular weight is 559 g/mol. The van der Waals surface area contributed by atoms with Crippen LogP contribution in [0.2, 0.25) is 10.0 Å². The van der Waals surface area contributed by atoms with Crippen molar-refractivity contribution in [3.63, 3.8) is 0 Å². The molecule has 1 aromatic heterocycles. The number of allylic oxidation sites excluding steroid dienone is 2. The number of hydrogen-bond donors (Lipinski definition) is 3. The fourth-order valence-corrected chi connectivity index (χ4v) is 5.55. The van der Waals surface area contributed by atoms with Gasteiger partial charge in [0.05, 0.1) is 21.0 Å². The summed E-state index contributed by atoms with van der Waals surface area (Å²) in [5.74, 6) is -1.60. The Labute approximate surface area is 230 Å². The number of carbonyl (C=O) groups is 4. The Morgan fingerprint density at radius 3 is 2.21 bits per heavy atom. The van der Waals surface area contributed by atoms with Gasteiger partial charge in [-0.3, -0.25) is 19.4 Å². The van der Waals surface area contributed by atoms with Gasteiger partial charge in [-0.25, -0.2) is 4.79 Å². The summed E-state index contributed by atoms with van der Waals surface area (Å²) in [6, 6.07) is 6.82. The van der Waals surface area contributed by atoms with Crippen LogP contribution in [0.1, 0.15) is 49.0 Å². The van der Waals surface area contributed by atoms with Gasteiger partial charge in [0.2, 0.25) is 5.91 Å². The lowest BCUT2D eigenvalue weighted by Crippen LogP contribution is -2.60. The number of benzene rings is 1. The molecule has 3 N–H and O–H groups in total. The van der Waals surface area contributed by atoms with Gasteiger partial charge in [-0.05, 0) is 37.0 Å². The SMILES string of the molecule is CC[C@@](Cc1ccc(NC(=O)c2c(Cl)cncc2Cl)cc1)(NC1=CC(=O)C12CCN(C(C)=O)CC2)C(=O)O.